The van der Waals surface area contributed by atoms with Gasteiger partial charge in [-0.1, -0.05) is 27.2 Å². The molecule has 4 nitrogen and oxygen atoms in total. The van der Waals surface area contributed by atoms with Crippen LogP contribution in [0.15, 0.2) is 0 Å². The van der Waals surface area contributed by atoms with Gasteiger partial charge in [-0.2, -0.15) is 0 Å². The van der Waals surface area contributed by atoms with Crippen LogP contribution in [-0.2, 0) is 9.59 Å². The number of carbonyl (C=O) groups is 2. The third-order valence-corrected chi connectivity index (χ3v) is 3.58. The van der Waals surface area contributed by atoms with E-state index in [9.17, 15) is 19.8 Å². The van der Waals surface area contributed by atoms with Gasteiger partial charge < -0.3 is 19.8 Å². The van der Waals surface area contributed by atoms with Crippen LogP contribution in [0.2, 0.25) is 0 Å². The molecule has 0 saturated heterocycles. The van der Waals surface area contributed by atoms with Crippen LogP contribution in [0, 0.1) is 23.2 Å². The van der Waals surface area contributed by atoms with Gasteiger partial charge in [-0.15, -0.1) is 0 Å². The van der Waals surface area contributed by atoms with E-state index >= 15 is 0 Å². The van der Waals surface area contributed by atoms with Crippen molar-refractivity contribution in [3.63, 3.8) is 0 Å². The fourth-order valence-electron chi connectivity index (χ4n) is 2.76. The number of hydrogen-bond donors (Lipinski definition) is 0. The summed E-state index contributed by atoms with van der Waals surface area (Å²) < 4.78 is 0. The van der Waals surface area contributed by atoms with E-state index in [1.54, 1.807) is 0 Å². The molecule has 0 aromatic carbocycles. The molecule has 1 rings (SSSR count). The molecule has 3 atom stereocenters. The monoisotopic (exact) mass is 240 g/mol. The number of aliphatic carboxylic acids is 2. The maximum Gasteiger partial charge on any atom is 1.00 e. The van der Waals surface area contributed by atoms with Crippen molar-refractivity contribution in [1.29, 1.82) is 0 Å². The van der Waals surface area contributed by atoms with Gasteiger partial charge in [0, 0.05) is 23.8 Å². The predicted molar refractivity (Wildman–Crippen MR) is 53.8 cm³/mol. The number of rotatable bonds is 2. The molecule has 1 aliphatic carbocycles. The summed E-state index contributed by atoms with van der Waals surface area (Å²) in [4.78, 5) is 22.1. The Balaban J connectivity index is 0. The zero-order chi connectivity index (χ0) is 12.5. The summed E-state index contributed by atoms with van der Waals surface area (Å²) in [5.41, 5.74) is -0.223. The van der Waals surface area contributed by atoms with Crippen molar-refractivity contribution in [2.45, 2.75) is 40.0 Å². The summed E-state index contributed by atoms with van der Waals surface area (Å²) in [6, 6.07) is 0. The van der Waals surface area contributed by atoms with Crippen molar-refractivity contribution in [1.82, 2.24) is 0 Å². The Morgan fingerprint density at radius 3 is 1.83 bits per heavy atom. The third-order valence-electron chi connectivity index (χ3n) is 3.58. The van der Waals surface area contributed by atoms with E-state index < -0.39 is 23.8 Å². The molecule has 0 spiro atoms. The number of hydrogen-bond acceptors (Lipinski definition) is 4. The van der Waals surface area contributed by atoms with Gasteiger partial charge in [-0.05, 0) is 24.2 Å². The molecule has 0 amide bonds. The first-order valence-corrected chi connectivity index (χ1v) is 5.67. The summed E-state index contributed by atoms with van der Waals surface area (Å²) in [6.45, 7) is 5.81. The minimum Gasteiger partial charge on any atom is -0.550 e. The Morgan fingerprint density at radius 1 is 1.00 bits per heavy atom. The standard InChI is InChI=1S/C12H20O4.2Li/c1-12(2,3)8-6-4-5-7(10(13)14)9(8)11(15)16;;/h7-9H,4-6H2,1-3H3,(H,13,14)(H,15,16);;/q;2*+1/p-2. The summed E-state index contributed by atoms with van der Waals surface area (Å²) in [5.74, 6) is -4.49. The van der Waals surface area contributed by atoms with Crippen LogP contribution in [0.4, 0.5) is 0 Å². The van der Waals surface area contributed by atoms with E-state index in [1.165, 1.54) is 0 Å². The summed E-state index contributed by atoms with van der Waals surface area (Å²) in [6.07, 6.45) is 1.86. The van der Waals surface area contributed by atoms with Crippen LogP contribution in [0.3, 0.4) is 0 Å². The van der Waals surface area contributed by atoms with Gasteiger partial charge in [-0.3, -0.25) is 0 Å². The zero-order valence-corrected chi connectivity index (χ0v) is 12.0. The molecule has 0 aromatic rings. The zero-order valence-electron chi connectivity index (χ0n) is 12.0. The Kier molecular flexibility index (Phi) is 8.70. The van der Waals surface area contributed by atoms with E-state index in [1.807, 2.05) is 20.8 Å². The largest absolute Gasteiger partial charge is 1.00 e. The SMILES string of the molecule is CC(C)(C)C1CCCC(C(=O)[O-])C1C(=O)[O-].[Li+].[Li+]. The fourth-order valence-corrected chi connectivity index (χ4v) is 2.76. The van der Waals surface area contributed by atoms with Crippen molar-refractivity contribution < 1.29 is 57.5 Å². The average Bonchev–Trinajstić information content (AvgIpc) is 2.14. The Bertz CT molecular complexity index is 299. The van der Waals surface area contributed by atoms with Crippen molar-refractivity contribution >= 4 is 11.9 Å². The van der Waals surface area contributed by atoms with Gasteiger partial charge >= 0.3 is 37.7 Å². The normalized spacial score (nSPS) is 27.6. The second-order valence-electron chi connectivity index (χ2n) is 5.67. The first-order chi connectivity index (χ1) is 7.25. The quantitative estimate of drug-likeness (QED) is 0.449. The number of carboxylic acids is 2. The van der Waals surface area contributed by atoms with E-state index in [2.05, 4.69) is 0 Å². The van der Waals surface area contributed by atoms with Crippen molar-refractivity contribution in [2.75, 3.05) is 0 Å². The second kappa shape index (κ2) is 7.66. The predicted octanol–water partition coefficient (Wildman–Crippen LogP) is -6.43. The van der Waals surface area contributed by atoms with Crippen LogP contribution in [0.1, 0.15) is 40.0 Å². The van der Waals surface area contributed by atoms with Crippen LogP contribution in [-0.4, -0.2) is 11.9 Å². The van der Waals surface area contributed by atoms with Gasteiger partial charge in [0.15, 0.2) is 0 Å². The van der Waals surface area contributed by atoms with E-state index in [0.717, 1.165) is 12.8 Å². The second-order valence-corrected chi connectivity index (χ2v) is 5.67. The molecule has 0 radical (unpaired) electrons. The number of carboxylic acid groups (broad SMARTS) is 2. The summed E-state index contributed by atoms with van der Waals surface area (Å²) in [7, 11) is 0. The van der Waals surface area contributed by atoms with Gasteiger partial charge in [0.1, 0.15) is 0 Å². The first kappa shape index (κ1) is 20.5. The van der Waals surface area contributed by atoms with E-state index in [0.29, 0.717) is 6.42 Å². The van der Waals surface area contributed by atoms with Gasteiger partial charge in [0.05, 0.1) is 0 Å². The van der Waals surface area contributed by atoms with Crippen molar-refractivity contribution in [3.8, 4) is 0 Å². The fraction of sp³-hybridized carbons (Fsp3) is 0.833. The van der Waals surface area contributed by atoms with Gasteiger partial charge in [0.2, 0.25) is 0 Å². The molecule has 0 bridgehead atoms. The molecular weight excluding hydrogens is 222 g/mol. The maximum atomic E-state index is 11.1. The summed E-state index contributed by atoms with van der Waals surface area (Å²) >= 11 is 0. The molecule has 0 aliphatic heterocycles. The van der Waals surface area contributed by atoms with Gasteiger partial charge in [0.25, 0.3) is 0 Å². The van der Waals surface area contributed by atoms with Gasteiger partial charge in [-0.25, -0.2) is 0 Å². The molecule has 0 aromatic heterocycles. The molecule has 1 saturated carbocycles. The molecule has 0 heterocycles. The Labute approximate surface area is 132 Å². The molecule has 3 unspecified atom stereocenters. The topological polar surface area (TPSA) is 80.3 Å². The molecule has 6 heteroatoms. The van der Waals surface area contributed by atoms with E-state index in [4.69, 9.17) is 0 Å². The van der Waals surface area contributed by atoms with Crippen LogP contribution < -0.4 is 47.9 Å². The van der Waals surface area contributed by atoms with Crippen LogP contribution in [0.25, 0.3) is 0 Å². The maximum absolute atomic E-state index is 11.1. The van der Waals surface area contributed by atoms with Crippen LogP contribution >= 0.6 is 0 Å². The van der Waals surface area contributed by atoms with Crippen molar-refractivity contribution in [2.24, 2.45) is 23.2 Å². The smallest absolute Gasteiger partial charge is 0.550 e. The molecule has 1 fully saturated rings. The molecule has 0 N–H and O–H groups in total. The molecule has 92 valence electrons. The first-order valence-electron chi connectivity index (χ1n) is 5.67. The summed E-state index contributed by atoms with van der Waals surface area (Å²) in [5, 5.41) is 22.1. The molecule has 18 heavy (non-hydrogen) atoms. The number of carbonyl (C=O) groups excluding carboxylic acids is 2. The minimum absolute atomic E-state index is 0. The van der Waals surface area contributed by atoms with E-state index in [-0.39, 0.29) is 49.1 Å². The Morgan fingerprint density at radius 2 is 1.50 bits per heavy atom. The molecular formula is C12H18Li2O4. The molecule has 1 aliphatic rings. The third kappa shape index (κ3) is 4.67. The van der Waals surface area contributed by atoms with Crippen LogP contribution in [0.5, 0.6) is 0 Å². The Hall–Kier alpha value is 0.135. The minimum atomic E-state index is -1.26. The average molecular weight is 240 g/mol. The van der Waals surface area contributed by atoms with Crippen molar-refractivity contribution in [3.05, 3.63) is 0 Å².